The Labute approximate surface area is 145 Å². The van der Waals surface area contributed by atoms with E-state index < -0.39 is 20.0 Å². The molecule has 0 bridgehead atoms. The third-order valence-corrected chi connectivity index (χ3v) is 6.05. The lowest BCUT2D eigenvalue weighted by atomic mass is 10.1. The predicted molar refractivity (Wildman–Crippen MR) is 94.7 cm³/mol. The van der Waals surface area contributed by atoms with Crippen LogP contribution in [0.1, 0.15) is 19.0 Å². The summed E-state index contributed by atoms with van der Waals surface area (Å²) in [5.41, 5.74) is 0.0502. The Balaban J connectivity index is 2.61. The van der Waals surface area contributed by atoms with Gasteiger partial charge < -0.3 is 24.5 Å². The van der Waals surface area contributed by atoms with Crippen LogP contribution in [0.3, 0.4) is 0 Å². The third kappa shape index (κ3) is 3.86. The van der Waals surface area contributed by atoms with Crippen LogP contribution in [0.15, 0.2) is 42.5 Å². The van der Waals surface area contributed by atoms with Gasteiger partial charge in [-0.15, -0.1) is 0 Å². The maximum Gasteiger partial charge on any atom is 0.211 e. The summed E-state index contributed by atoms with van der Waals surface area (Å²) in [7, 11) is 1.62. The van der Waals surface area contributed by atoms with E-state index in [1.807, 2.05) is 30.3 Å². The molecule has 5 nitrogen and oxygen atoms in total. The van der Waals surface area contributed by atoms with Crippen LogP contribution in [0, 0.1) is 0 Å². The van der Waals surface area contributed by atoms with E-state index in [-0.39, 0.29) is 23.6 Å². The van der Waals surface area contributed by atoms with E-state index in [1.165, 1.54) is 14.2 Å². The Morgan fingerprint density at radius 3 is 2.38 bits per heavy atom. The molecule has 0 aliphatic carbocycles. The van der Waals surface area contributed by atoms with Gasteiger partial charge in [-0.05, 0) is 30.9 Å². The van der Waals surface area contributed by atoms with E-state index in [0.29, 0.717) is 11.8 Å². The summed E-state index contributed by atoms with van der Waals surface area (Å²) in [5, 5.41) is 15.7. The molecule has 0 heterocycles. The molecule has 2 N–H and O–H groups in total. The fourth-order valence-corrected chi connectivity index (χ4v) is 4.46. The third-order valence-electron chi connectivity index (χ3n) is 3.67. The van der Waals surface area contributed by atoms with Crippen molar-refractivity contribution in [3.63, 3.8) is 0 Å². The first-order chi connectivity index (χ1) is 12.6. The van der Waals surface area contributed by atoms with Crippen LogP contribution in [-0.4, -0.2) is 38.5 Å². The Morgan fingerprint density at radius 2 is 1.88 bits per heavy atom. The normalized spacial score (nSPS) is 15.6. The number of hydrogen-bond donors (Lipinski definition) is 2. The van der Waals surface area contributed by atoms with Gasteiger partial charge in [0.05, 0.1) is 20.6 Å². The summed E-state index contributed by atoms with van der Waals surface area (Å²) in [6.45, 7) is 0. The van der Waals surface area contributed by atoms with Crippen molar-refractivity contribution in [3.05, 3.63) is 48.0 Å². The first-order valence-corrected chi connectivity index (χ1v) is 8.89. The molecule has 128 valence electrons. The highest BCUT2D eigenvalue weighted by atomic mass is 31.1. The van der Waals surface area contributed by atoms with E-state index in [0.717, 1.165) is 5.30 Å². The van der Waals surface area contributed by atoms with Crippen LogP contribution in [0.5, 0.6) is 17.2 Å². The number of carbonyl (C=O) groups is 1. The number of rotatable bonds is 9. The molecule has 0 spiro atoms. The lowest BCUT2D eigenvalue weighted by molar-refractivity contribution is -0.107. The molecule has 2 rings (SSSR count). The topological polar surface area (TPSA) is 76.0 Å². The van der Waals surface area contributed by atoms with Crippen LogP contribution < -0.4 is 14.8 Å². The highest BCUT2D eigenvalue weighted by Crippen LogP contribution is 2.53. The molecule has 2 aromatic carbocycles. The van der Waals surface area contributed by atoms with Crippen LogP contribution in [-0.2, 0) is 4.79 Å². The van der Waals surface area contributed by atoms with Gasteiger partial charge in [0, 0.05) is 13.4 Å². The van der Waals surface area contributed by atoms with E-state index in [4.69, 9.17) is 12.3 Å². The van der Waals surface area contributed by atoms with Gasteiger partial charge in [0.25, 0.3) is 0 Å². The van der Waals surface area contributed by atoms with Gasteiger partial charge in [-0.2, -0.15) is 0 Å². The van der Waals surface area contributed by atoms with Crippen LogP contribution in [0.2, 0.25) is 0 Å². The number of hydrogen-bond acceptors (Lipinski definition) is 5. The Bertz CT molecular complexity index is 704. The van der Waals surface area contributed by atoms with Crippen LogP contribution in [0.25, 0.3) is 0 Å². The monoisotopic (exact) mass is 350 g/mol. The number of methoxy groups -OCH3 is 2. The van der Waals surface area contributed by atoms with E-state index in [2.05, 4.69) is 5.11 Å². The van der Waals surface area contributed by atoms with Gasteiger partial charge in [0.2, 0.25) is 7.18 Å². The molecule has 2 aromatic rings. The molecule has 3 atom stereocenters. The van der Waals surface area contributed by atoms with Crippen molar-refractivity contribution in [3.8, 4) is 17.2 Å². The minimum absolute atomic E-state index is 0.0682. The van der Waals surface area contributed by atoms with Crippen molar-refractivity contribution in [1.82, 2.24) is 0 Å². The number of phenols is 1. The van der Waals surface area contributed by atoms with Crippen LogP contribution >= 0.6 is 7.92 Å². The standard InChI is InChI=1S/C18H21O5P/c1-22-15-10-13(11-16(23-2)18(15)21)17(8-9-19)24(12-20)14-6-4-3-5-7-14/h3-7,9-11,17,20-21H,8,12H2,1-2H3/i8D,20D. The molecule has 0 amide bonds. The number of benzene rings is 2. The number of aldehydes is 1. The molecule has 0 saturated carbocycles. The molecule has 0 aromatic heterocycles. The summed E-state index contributed by atoms with van der Waals surface area (Å²) in [5.74, 6) is 0.236. The molecular formula is C18H21O5P. The number of aromatic hydroxyl groups is 1. The summed E-state index contributed by atoms with van der Waals surface area (Å²) >= 11 is 0. The summed E-state index contributed by atoms with van der Waals surface area (Å²) in [6, 6.07) is 12.6. The van der Waals surface area contributed by atoms with E-state index in [1.54, 1.807) is 12.1 Å². The summed E-state index contributed by atoms with van der Waals surface area (Å²) in [4.78, 5) is 11.5. The maximum absolute atomic E-state index is 11.5. The van der Waals surface area contributed by atoms with Crippen molar-refractivity contribution in [2.45, 2.75) is 12.1 Å². The zero-order chi connectivity index (χ0) is 19.1. The second-order valence-electron chi connectivity index (χ2n) is 4.98. The Morgan fingerprint density at radius 1 is 1.25 bits per heavy atom. The second-order valence-corrected chi connectivity index (χ2v) is 7.25. The quantitative estimate of drug-likeness (QED) is 0.537. The lowest BCUT2D eigenvalue weighted by Gasteiger charge is -2.26. The van der Waals surface area contributed by atoms with Gasteiger partial charge in [0.15, 0.2) is 11.5 Å². The second kappa shape index (κ2) is 8.67. The SMILES string of the molecule is [2H]OCP(c1ccccc1)C(c1cc(OC)c(O)c(OC)c1)C([2H])C=O. The number of aliphatic hydroxyl groups is 1. The average molecular weight is 350 g/mol. The lowest BCUT2D eigenvalue weighted by Crippen LogP contribution is -2.11. The van der Waals surface area contributed by atoms with Crippen LogP contribution in [0.4, 0.5) is 0 Å². The first kappa shape index (κ1) is 15.4. The van der Waals surface area contributed by atoms with Gasteiger partial charge >= 0.3 is 0 Å². The van der Waals surface area contributed by atoms with Crippen molar-refractivity contribution in [1.29, 1.82) is 1.43 Å². The van der Waals surface area contributed by atoms with E-state index in [9.17, 15) is 9.90 Å². The van der Waals surface area contributed by atoms with Gasteiger partial charge in [0.1, 0.15) is 6.29 Å². The van der Waals surface area contributed by atoms with Crippen molar-refractivity contribution < 1.29 is 25.9 Å². The number of phenolic OH excluding ortho intramolecular Hbond substituents is 1. The zero-order valence-corrected chi connectivity index (χ0v) is 14.4. The minimum atomic E-state index is -1.21. The average Bonchev–Trinajstić information content (AvgIpc) is 2.68. The molecular weight excluding hydrogens is 327 g/mol. The summed E-state index contributed by atoms with van der Waals surface area (Å²) < 4.78 is 25.9. The fourth-order valence-electron chi connectivity index (χ4n) is 2.49. The molecule has 6 heteroatoms. The van der Waals surface area contributed by atoms with Gasteiger partial charge in [-0.25, -0.2) is 0 Å². The minimum Gasteiger partial charge on any atom is -0.502 e. The molecule has 3 unspecified atom stereocenters. The predicted octanol–water partition coefficient (Wildman–Crippen LogP) is 2.80. The smallest absolute Gasteiger partial charge is 0.211 e. The largest absolute Gasteiger partial charge is 0.502 e. The van der Waals surface area contributed by atoms with Crippen molar-refractivity contribution in [2.24, 2.45) is 0 Å². The first-order valence-electron chi connectivity index (χ1n) is 8.28. The summed E-state index contributed by atoms with van der Waals surface area (Å²) in [6.07, 6.45) is -0.437. The molecule has 0 aliphatic heterocycles. The fraction of sp³-hybridized carbons (Fsp3) is 0.278. The Hall–Kier alpha value is -2.10. The molecule has 0 fully saturated rings. The highest BCUT2D eigenvalue weighted by molar-refractivity contribution is 7.65. The zero-order valence-electron chi connectivity index (χ0n) is 15.5. The molecule has 24 heavy (non-hydrogen) atoms. The van der Waals surface area contributed by atoms with Gasteiger partial charge in [-0.1, -0.05) is 30.3 Å². The maximum atomic E-state index is 11.5. The molecule has 0 saturated heterocycles. The van der Waals surface area contributed by atoms with E-state index >= 15 is 0 Å². The highest BCUT2D eigenvalue weighted by Gasteiger charge is 2.26. The number of aliphatic hydroxyl groups excluding tert-OH is 1. The van der Waals surface area contributed by atoms with Crippen molar-refractivity contribution in [2.75, 3.05) is 20.6 Å². The van der Waals surface area contributed by atoms with Gasteiger partial charge in [-0.3, -0.25) is 0 Å². The number of ether oxygens (including phenoxy) is 2. The molecule has 0 aliphatic rings. The van der Waals surface area contributed by atoms with Crippen molar-refractivity contribution >= 4 is 19.5 Å². The molecule has 0 radical (unpaired) electrons. The Kier molecular flexibility index (Phi) is 5.57. The number of carbonyl (C=O) groups excluding carboxylic acids is 1.